The zero-order chi connectivity index (χ0) is 15.8. The molecule has 0 aliphatic rings. The van der Waals surface area contributed by atoms with Gasteiger partial charge < -0.3 is 10.6 Å². The highest BCUT2D eigenvalue weighted by Crippen LogP contribution is 2.05. The van der Waals surface area contributed by atoms with E-state index < -0.39 is 0 Å². The number of nitrogens with one attached hydrogen (secondary N) is 2. The Labute approximate surface area is 132 Å². The quantitative estimate of drug-likeness (QED) is 0.632. The molecule has 1 aromatic heterocycles. The lowest BCUT2D eigenvalue weighted by Gasteiger charge is -2.12. The van der Waals surface area contributed by atoms with E-state index in [2.05, 4.69) is 51.9 Å². The molecule has 0 unspecified atom stereocenters. The van der Waals surface area contributed by atoms with Crippen molar-refractivity contribution in [1.29, 1.82) is 0 Å². The normalized spacial score (nSPS) is 11.5. The van der Waals surface area contributed by atoms with Gasteiger partial charge in [0, 0.05) is 26.8 Å². The molecule has 0 bridgehead atoms. The standard InChI is InChI=1S/C17H25N5/c1-4-14-5-7-15(8-6-14)9-11-19-17(18-2)20-13-16-10-12-21-22(16)3/h5-8,10,12H,4,9,11,13H2,1-3H3,(H2,18,19,20). The van der Waals surface area contributed by atoms with Crippen LogP contribution in [-0.4, -0.2) is 29.3 Å². The number of aryl methyl sites for hydroxylation is 2. The maximum Gasteiger partial charge on any atom is 0.191 e. The molecule has 2 aromatic rings. The summed E-state index contributed by atoms with van der Waals surface area (Å²) in [6.07, 6.45) is 3.87. The Balaban J connectivity index is 1.75. The number of guanidine groups is 1. The van der Waals surface area contributed by atoms with E-state index in [-0.39, 0.29) is 0 Å². The summed E-state index contributed by atoms with van der Waals surface area (Å²) in [7, 11) is 3.72. The summed E-state index contributed by atoms with van der Waals surface area (Å²) >= 11 is 0. The molecule has 5 nitrogen and oxygen atoms in total. The molecule has 0 saturated carbocycles. The molecule has 0 aliphatic carbocycles. The fourth-order valence-corrected chi connectivity index (χ4v) is 2.24. The second-order valence-electron chi connectivity index (χ2n) is 5.22. The predicted molar refractivity (Wildman–Crippen MR) is 90.9 cm³/mol. The molecule has 0 atom stereocenters. The SMILES string of the molecule is CCc1ccc(CCNC(=NC)NCc2ccnn2C)cc1. The number of hydrogen-bond acceptors (Lipinski definition) is 2. The van der Waals surface area contributed by atoms with Crippen LogP contribution in [0.25, 0.3) is 0 Å². The zero-order valence-electron chi connectivity index (χ0n) is 13.6. The maximum absolute atomic E-state index is 4.24. The van der Waals surface area contributed by atoms with Gasteiger partial charge in [-0.1, -0.05) is 31.2 Å². The van der Waals surface area contributed by atoms with Crippen molar-refractivity contribution in [1.82, 2.24) is 20.4 Å². The van der Waals surface area contributed by atoms with Gasteiger partial charge in [0.15, 0.2) is 5.96 Å². The molecule has 2 rings (SSSR count). The van der Waals surface area contributed by atoms with Crippen LogP contribution >= 0.6 is 0 Å². The Morgan fingerprint density at radius 3 is 2.45 bits per heavy atom. The fourth-order valence-electron chi connectivity index (χ4n) is 2.24. The highest BCUT2D eigenvalue weighted by atomic mass is 15.3. The summed E-state index contributed by atoms with van der Waals surface area (Å²) in [6, 6.07) is 10.8. The summed E-state index contributed by atoms with van der Waals surface area (Å²) in [4.78, 5) is 4.24. The third kappa shape index (κ3) is 4.62. The summed E-state index contributed by atoms with van der Waals surface area (Å²) in [5.41, 5.74) is 3.84. The van der Waals surface area contributed by atoms with Crippen LogP contribution in [0.5, 0.6) is 0 Å². The lowest BCUT2D eigenvalue weighted by atomic mass is 10.1. The highest BCUT2D eigenvalue weighted by molar-refractivity contribution is 5.79. The van der Waals surface area contributed by atoms with Gasteiger partial charge in [-0.05, 0) is 30.0 Å². The van der Waals surface area contributed by atoms with Crippen LogP contribution in [-0.2, 0) is 26.4 Å². The van der Waals surface area contributed by atoms with E-state index in [0.29, 0.717) is 6.54 Å². The highest BCUT2D eigenvalue weighted by Gasteiger charge is 2.01. The van der Waals surface area contributed by atoms with E-state index in [4.69, 9.17) is 0 Å². The Morgan fingerprint density at radius 2 is 1.86 bits per heavy atom. The first-order chi connectivity index (χ1) is 10.7. The lowest BCUT2D eigenvalue weighted by molar-refractivity contribution is 0.684. The number of rotatable bonds is 6. The summed E-state index contributed by atoms with van der Waals surface area (Å²) in [6.45, 7) is 3.74. The molecular formula is C17H25N5. The van der Waals surface area contributed by atoms with E-state index in [0.717, 1.165) is 31.0 Å². The van der Waals surface area contributed by atoms with Crippen molar-refractivity contribution in [2.45, 2.75) is 26.3 Å². The topological polar surface area (TPSA) is 54.2 Å². The van der Waals surface area contributed by atoms with Crippen LogP contribution in [0.3, 0.4) is 0 Å². The van der Waals surface area contributed by atoms with Gasteiger partial charge in [-0.15, -0.1) is 0 Å². The minimum atomic E-state index is 0.710. The minimum absolute atomic E-state index is 0.710. The monoisotopic (exact) mass is 299 g/mol. The molecule has 0 saturated heterocycles. The van der Waals surface area contributed by atoms with E-state index in [9.17, 15) is 0 Å². The first-order valence-corrected chi connectivity index (χ1v) is 7.72. The van der Waals surface area contributed by atoms with Crippen molar-refractivity contribution in [3.63, 3.8) is 0 Å². The van der Waals surface area contributed by atoms with Crippen LogP contribution in [0.4, 0.5) is 0 Å². The lowest BCUT2D eigenvalue weighted by Crippen LogP contribution is -2.38. The van der Waals surface area contributed by atoms with Crippen LogP contribution < -0.4 is 10.6 Å². The van der Waals surface area contributed by atoms with Crippen LogP contribution in [0.15, 0.2) is 41.5 Å². The van der Waals surface area contributed by atoms with Gasteiger partial charge in [0.1, 0.15) is 0 Å². The van der Waals surface area contributed by atoms with Gasteiger partial charge in [0.25, 0.3) is 0 Å². The molecule has 1 heterocycles. The molecule has 0 fully saturated rings. The molecular weight excluding hydrogens is 274 g/mol. The first-order valence-electron chi connectivity index (χ1n) is 7.72. The Bertz CT molecular complexity index is 598. The van der Waals surface area contributed by atoms with Gasteiger partial charge >= 0.3 is 0 Å². The number of nitrogens with zero attached hydrogens (tertiary/aromatic N) is 3. The average molecular weight is 299 g/mol. The molecule has 0 aliphatic heterocycles. The molecule has 2 N–H and O–H groups in total. The summed E-state index contributed by atoms with van der Waals surface area (Å²) in [5.74, 6) is 0.811. The molecule has 118 valence electrons. The second kappa shape index (κ2) is 8.22. The molecule has 0 spiro atoms. The molecule has 0 radical (unpaired) electrons. The maximum atomic E-state index is 4.24. The van der Waals surface area contributed by atoms with Crippen molar-refractivity contribution in [3.8, 4) is 0 Å². The third-order valence-electron chi connectivity index (χ3n) is 3.72. The first kappa shape index (κ1) is 16.1. The van der Waals surface area contributed by atoms with Crippen molar-refractivity contribution in [3.05, 3.63) is 53.3 Å². The summed E-state index contributed by atoms with van der Waals surface area (Å²) < 4.78 is 1.86. The number of aliphatic imine (C=N–C) groups is 1. The van der Waals surface area contributed by atoms with Crippen molar-refractivity contribution >= 4 is 5.96 Å². The average Bonchev–Trinajstić information content (AvgIpc) is 2.96. The van der Waals surface area contributed by atoms with E-state index in [1.165, 1.54) is 11.1 Å². The minimum Gasteiger partial charge on any atom is -0.356 e. The van der Waals surface area contributed by atoms with Gasteiger partial charge in [-0.3, -0.25) is 9.67 Å². The Kier molecular flexibility index (Phi) is 6.01. The fraction of sp³-hybridized carbons (Fsp3) is 0.412. The molecule has 22 heavy (non-hydrogen) atoms. The van der Waals surface area contributed by atoms with Crippen LogP contribution in [0.1, 0.15) is 23.7 Å². The number of benzene rings is 1. The smallest absolute Gasteiger partial charge is 0.191 e. The van der Waals surface area contributed by atoms with Crippen LogP contribution in [0, 0.1) is 0 Å². The Hall–Kier alpha value is -2.30. The molecule has 5 heteroatoms. The third-order valence-corrected chi connectivity index (χ3v) is 3.72. The summed E-state index contributed by atoms with van der Waals surface area (Å²) in [5, 5.41) is 10.8. The second-order valence-corrected chi connectivity index (χ2v) is 5.22. The van der Waals surface area contributed by atoms with Crippen molar-refractivity contribution < 1.29 is 0 Å². The van der Waals surface area contributed by atoms with Gasteiger partial charge in [0.05, 0.1) is 12.2 Å². The largest absolute Gasteiger partial charge is 0.356 e. The van der Waals surface area contributed by atoms with Gasteiger partial charge in [-0.25, -0.2) is 0 Å². The Morgan fingerprint density at radius 1 is 1.14 bits per heavy atom. The van der Waals surface area contributed by atoms with Crippen LogP contribution in [0.2, 0.25) is 0 Å². The van der Waals surface area contributed by atoms with E-state index in [1.807, 2.05) is 17.8 Å². The van der Waals surface area contributed by atoms with E-state index >= 15 is 0 Å². The number of aromatic nitrogens is 2. The predicted octanol–water partition coefficient (Wildman–Crippen LogP) is 1.89. The van der Waals surface area contributed by atoms with Crippen molar-refractivity contribution in [2.24, 2.45) is 12.0 Å². The zero-order valence-corrected chi connectivity index (χ0v) is 13.6. The van der Waals surface area contributed by atoms with Crippen molar-refractivity contribution in [2.75, 3.05) is 13.6 Å². The van der Waals surface area contributed by atoms with E-state index in [1.54, 1.807) is 13.2 Å². The number of hydrogen-bond donors (Lipinski definition) is 2. The molecule has 1 aromatic carbocycles. The molecule has 0 amide bonds. The van der Waals surface area contributed by atoms with Gasteiger partial charge in [-0.2, -0.15) is 5.10 Å². The van der Waals surface area contributed by atoms with Gasteiger partial charge in [0.2, 0.25) is 0 Å².